The molecule has 14 heavy (non-hydrogen) atoms. The second-order valence-corrected chi connectivity index (χ2v) is 3.92. The van der Waals surface area contributed by atoms with E-state index in [-0.39, 0.29) is 9.92 Å². The lowest BCUT2D eigenvalue weighted by molar-refractivity contribution is -0.387. The number of halogens is 1. The summed E-state index contributed by atoms with van der Waals surface area (Å²) in [5.41, 5.74) is 0.0975. The molecule has 7 heteroatoms. The summed E-state index contributed by atoms with van der Waals surface area (Å²) in [7, 11) is 0. The summed E-state index contributed by atoms with van der Waals surface area (Å²) in [6.45, 7) is 1.58. The fourth-order valence-electron chi connectivity index (χ4n) is 0.931. The summed E-state index contributed by atoms with van der Waals surface area (Å²) in [6.07, 6.45) is 0. The van der Waals surface area contributed by atoms with Crippen LogP contribution in [0, 0.1) is 17.0 Å². The van der Waals surface area contributed by atoms with E-state index in [2.05, 4.69) is 0 Å². The largest absolute Gasteiger partial charge is 0.302 e. The van der Waals surface area contributed by atoms with Gasteiger partial charge in [0.05, 0.1) is 4.92 Å². The van der Waals surface area contributed by atoms with Crippen molar-refractivity contribution in [3.63, 3.8) is 0 Å². The number of benzene rings is 1. The molecule has 0 aromatic heterocycles. The zero-order chi connectivity index (χ0) is 10.9. The van der Waals surface area contributed by atoms with E-state index in [1.54, 1.807) is 6.92 Å². The second kappa shape index (κ2) is 4.04. The van der Waals surface area contributed by atoms with E-state index >= 15 is 0 Å². The smallest absolute Gasteiger partial charge is 0.288 e. The number of nitro groups is 1. The number of rotatable bonds is 2. The fraction of sp³-hybridized carbons (Fsp3) is 0.143. The van der Waals surface area contributed by atoms with E-state index in [0.29, 0.717) is 5.56 Å². The monoisotopic (exact) mass is 235 g/mol. The minimum absolute atomic E-state index is 0.230. The molecule has 0 saturated heterocycles. The molecule has 0 spiro atoms. The molecule has 0 saturated carbocycles. The van der Waals surface area contributed by atoms with Crippen LogP contribution in [-0.4, -0.2) is 13.7 Å². The van der Waals surface area contributed by atoms with Gasteiger partial charge >= 0.3 is 0 Å². The van der Waals surface area contributed by atoms with E-state index in [1.165, 1.54) is 6.07 Å². The lowest BCUT2D eigenvalue weighted by Crippen LogP contribution is -1.98. The van der Waals surface area contributed by atoms with Crippen LogP contribution in [0.4, 0.5) is 5.69 Å². The maximum atomic E-state index is 10.7. The molecule has 76 valence electrons. The molecule has 1 N–H and O–H groups in total. The first kappa shape index (κ1) is 11.1. The molecular weight excluding hydrogens is 230 g/mol. The van der Waals surface area contributed by atoms with Gasteiger partial charge in [-0.2, -0.15) is 0 Å². The van der Waals surface area contributed by atoms with Crippen LogP contribution >= 0.6 is 11.6 Å². The molecule has 0 aliphatic carbocycles. The summed E-state index contributed by atoms with van der Waals surface area (Å²) < 4.78 is 19.5. The van der Waals surface area contributed by atoms with Crippen molar-refractivity contribution < 1.29 is 13.7 Å². The Morgan fingerprint density at radius 2 is 2.14 bits per heavy atom. The second-order valence-electron chi connectivity index (χ2n) is 2.58. The Kier molecular flexibility index (Phi) is 3.20. The molecule has 0 heterocycles. The summed E-state index contributed by atoms with van der Waals surface area (Å²) in [5.74, 6) is 0. The van der Waals surface area contributed by atoms with Crippen LogP contribution in [0.1, 0.15) is 5.56 Å². The third-order valence-electron chi connectivity index (χ3n) is 1.63. The molecule has 5 nitrogen and oxygen atoms in total. The summed E-state index contributed by atoms with van der Waals surface area (Å²) in [6, 6.07) is 2.30. The molecule has 1 rings (SSSR count). The SMILES string of the molecule is Cc1cc([N+](=O)[O-])c(S(=O)O)cc1Cl. The first-order chi connectivity index (χ1) is 6.43. The topological polar surface area (TPSA) is 80.4 Å². The predicted molar refractivity (Wildman–Crippen MR) is 51.9 cm³/mol. The normalized spacial score (nSPS) is 12.5. The van der Waals surface area contributed by atoms with E-state index in [9.17, 15) is 14.3 Å². The van der Waals surface area contributed by atoms with Crippen LogP contribution in [0.3, 0.4) is 0 Å². The van der Waals surface area contributed by atoms with Gasteiger partial charge in [-0.1, -0.05) is 11.6 Å². The van der Waals surface area contributed by atoms with Crippen molar-refractivity contribution in [3.05, 3.63) is 32.8 Å². The lowest BCUT2D eigenvalue weighted by Gasteiger charge is -2.01. The molecule has 0 amide bonds. The van der Waals surface area contributed by atoms with Crippen LogP contribution in [0.2, 0.25) is 5.02 Å². The number of hydrogen-bond donors (Lipinski definition) is 1. The number of aryl methyl sites for hydroxylation is 1. The lowest BCUT2D eigenvalue weighted by atomic mass is 10.2. The third-order valence-corrected chi connectivity index (χ3v) is 2.74. The molecule has 0 aliphatic heterocycles. The van der Waals surface area contributed by atoms with Crippen LogP contribution in [-0.2, 0) is 11.1 Å². The Morgan fingerprint density at radius 1 is 1.57 bits per heavy atom. The van der Waals surface area contributed by atoms with Crippen LogP contribution in [0.5, 0.6) is 0 Å². The molecular formula is C7H6ClNO4S. The van der Waals surface area contributed by atoms with Gasteiger partial charge < -0.3 is 4.55 Å². The number of nitro benzene ring substituents is 1. The highest BCUT2D eigenvalue weighted by molar-refractivity contribution is 7.79. The van der Waals surface area contributed by atoms with E-state index in [4.69, 9.17) is 16.2 Å². The maximum absolute atomic E-state index is 10.7. The quantitative estimate of drug-likeness (QED) is 0.484. The van der Waals surface area contributed by atoms with E-state index < -0.39 is 21.7 Å². The molecule has 0 bridgehead atoms. The van der Waals surface area contributed by atoms with Gasteiger partial charge in [-0.05, 0) is 18.6 Å². The van der Waals surface area contributed by atoms with Crippen molar-refractivity contribution in [2.45, 2.75) is 11.8 Å². The highest BCUT2D eigenvalue weighted by Crippen LogP contribution is 2.28. The predicted octanol–water partition coefficient (Wildman–Crippen LogP) is 2.14. The van der Waals surface area contributed by atoms with Crippen LogP contribution in [0.25, 0.3) is 0 Å². The molecule has 1 unspecified atom stereocenters. The Labute approximate surface area is 87.1 Å². The van der Waals surface area contributed by atoms with Crippen molar-refractivity contribution in [2.75, 3.05) is 0 Å². The van der Waals surface area contributed by atoms with Crippen molar-refractivity contribution in [1.82, 2.24) is 0 Å². The van der Waals surface area contributed by atoms with Gasteiger partial charge in [0.25, 0.3) is 5.69 Å². The Bertz CT molecular complexity index is 381. The molecule has 1 atom stereocenters. The molecule has 1 aromatic carbocycles. The zero-order valence-corrected chi connectivity index (χ0v) is 8.63. The fourth-order valence-corrected chi connectivity index (χ4v) is 1.69. The molecule has 0 aliphatic rings. The Hall–Kier alpha value is -0.980. The highest BCUT2D eigenvalue weighted by atomic mass is 35.5. The van der Waals surface area contributed by atoms with Gasteiger partial charge in [-0.15, -0.1) is 0 Å². The summed E-state index contributed by atoms with van der Waals surface area (Å²) >= 11 is 3.26. The summed E-state index contributed by atoms with van der Waals surface area (Å²) in [4.78, 5) is 9.50. The Morgan fingerprint density at radius 3 is 2.57 bits per heavy atom. The minimum Gasteiger partial charge on any atom is -0.302 e. The molecule has 0 radical (unpaired) electrons. The van der Waals surface area contributed by atoms with Crippen LogP contribution in [0.15, 0.2) is 17.0 Å². The molecule has 1 aromatic rings. The van der Waals surface area contributed by atoms with Gasteiger partial charge in [-0.25, -0.2) is 4.21 Å². The molecule has 0 fully saturated rings. The average Bonchev–Trinajstić information content (AvgIpc) is 2.08. The third kappa shape index (κ3) is 2.09. The van der Waals surface area contributed by atoms with E-state index in [0.717, 1.165) is 6.07 Å². The van der Waals surface area contributed by atoms with Gasteiger partial charge in [0.15, 0.2) is 11.1 Å². The number of nitrogens with zero attached hydrogens (tertiary/aromatic N) is 1. The first-order valence-corrected chi connectivity index (χ1v) is 4.97. The standard InChI is InChI=1S/C7H6ClNO4S/c1-4-2-6(9(10)11)7(14(12)13)3-5(4)8/h2-3H,1H3,(H,12,13). The minimum atomic E-state index is -2.41. The van der Waals surface area contributed by atoms with Gasteiger partial charge in [0.2, 0.25) is 0 Å². The first-order valence-electron chi connectivity index (χ1n) is 3.49. The van der Waals surface area contributed by atoms with Crippen LogP contribution < -0.4 is 0 Å². The van der Waals surface area contributed by atoms with Gasteiger partial charge in [0.1, 0.15) is 4.90 Å². The highest BCUT2D eigenvalue weighted by Gasteiger charge is 2.19. The average molecular weight is 236 g/mol. The zero-order valence-electron chi connectivity index (χ0n) is 7.06. The van der Waals surface area contributed by atoms with Gasteiger partial charge in [-0.3, -0.25) is 10.1 Å². The van der Waals surface area contributed by atoms with Crippen molar-refractivity contribution in [2.24, 2.45) is 0 Å². The van der Waals surface area contributed by atoms with Gasteiger partial charge in [0, 0.05) is 11.1 Å². The maximum Gasteiger partial charge on any atom is 0.288 e. The van der Waals surface area contributed by atoms with Crippen molar-refractivity contribution in [3.8, 4) is 0 Å². The number of hydrogen-bond acceptors (Lipinski definition) is 3. The van der Waals surface area contributed by atoms with Crippen molar-refractivity contribution >= 4 is 28.4 Å². The Balaban J connectivity index is 3.46. The summed E-state index contributed by atoms with van der Waals surface area (Å²) in [5, 5.41) is 10.7. The van der Waals surface area contributed by atoms with E-state index in [1.807, 2.05) is 0 Å². The van der Waals surface area contributed by atoms with Crippen molar-refractivity contribution in [1.29, 1.82) is 0 Å².